The lowest BCUT2D eigenvalue weighted by atomic mass is 9.86. The van der Waals surface area contributed by atoms with Crippen LogP contribution in [0.15, 0.2) is 29.4 Å². The number of carbonyl (C=O) groups excluding carboxylic acids is 1. The molecule has 1 aromatic carbocycles. The number of carbonyl (C=O) groups is 1. The number of aryl methyl sites for hydroxylation is 1. The van der Waals surface area contributed by atoms with Crippen molar-refractivity contribution in [3.63, 3.8) is 0 Å². The summed E-state index contributed by atoms with van der Waals surface area (Å²) in [6, 6.07) is 10.2. The monoisotopic (exact) mass is 495 g/mol. The summed E-state index contributed by atoms with van der Waals surface area (Å²) in [7, 11) is 0. The molecule has 1 N–H and O–H groups in total. The van der Waals surface area contributed by atoms with Crippen LogP contribution in [0.1, 0.15) is 54.1 Å². The summed E-state index contributed by atoms with van der Waals surface area (Å²) in [4.78, 5) is 14.0. The zero-order valence-corrected chi connectivity index (χ0v) is 21.4. The SMILES string of the molecule is CCC1CCc2c(sc(NC(=O)CSc3nnc(COc4ccc(C)cc4)n3CC)c2C#N)C1. The number of nitriles is 1. The fourth-order valence-electron chi connectivity index (χ4n) is 4.13. The van der Waals surface area contributed by atoms with E-state index in [4.69, 9.17) is 4.74 Å². The second-order valence-electron chi connectivity index (χ2n) is 8.42. The van der Waals surface area contributed by atoms with Gasteiger partial charge in [-0.1, -0.05) is 42.8 Å². The summed E-state index contributed by atoms with van der Waals surface area (Å²) in [5.41, 5.74) is 2.94. The van der Waals surface area contributed by atoms with Crippen molar-refractivity contribution in [1.29, 1.82) is 5.26 Å². The quantitative estimate of drug-likeness (QED) is 0.402. The molecule has 7 nitrogen and oxygen atoms in total. The fourth-order valence-corrected chi connectivity index (χ4v) is 6.28. The van der Waals surface area contributed by atoms with E-state index in [0.717, 1.165) is 37.0 Å². The van der Waals surface area contributed by atoms with Gasteiger partial charge < -0.3 is 14.6 Å². The summed E-state index contributed by atoms with van der Waals surface area (Å²) in [6.07, 6.45) is 4.18. The number of fused-ring (bicyclic) bond motifs is 1. The molecule has 0 spiro atoms. The van der Waals surface area contributed by atoms with E-state index in [2.05, 4.69) is 28.5 Å². The smallest absolute Gasteiger partial charge is 0.235 e. The van der Waals surface area contributed by atoms with Gasteiger partial charge in [0.1, 0.15) is 23.4 Å². The van der Waals surface area contributed by atoms with Crippen LogP contribution in [0.25, 0.3) is 0 Å². The highest BCUT2D eigenvalue weighted by Gasteiger charge is 2.26. The molecule has 34 heavy (non-hydrogen) atoms. The minimum absolute atomic E-state index is 0.143. The minimum atomic E-state index is -0.143. The number of amides is 1. The zero-order chi connectivity index (χ0) is 24.1. The van der Waals surface area contributed by atoms with Crippen LogP contribution >= 0.6 is 23.1 Å². The van der Waals surface area contributed by atoms with Crippen molar-refractivity contribution >= 4 is 34.0 Å². The van der Waals surface area contributed by atoms with Gasteiger partial charge in [0.2, 0.25) is 5.91 Å². The summed E-state index contributed by atoms with van der Waals surface area (Å²) in [6.45, 7) is 7.25. The molecule has 1 amide bonds. The Morgan fingerprint density at radius 1 is 1.32 bits per heavy atom. The van der Waals surface area contributed by atoms with E-state index in [0.29, 0.717) is 40.6 Å². The highest BCUT2D eigenvalue weighted by atomic mass is 32.2. The van der Waals surface area contributed by atoms with Crippen molar-refractivity contribution in [2.45, 2.75) is 64.8 Å². The van der Waals surface area contributed by atoms with E-state index < -0.39 is 0 Å². The number of aromatic nitrogens is 3. The Kier molecular flexibility index (Phi) is 7.91. The molecule has 3 aromatic rings. The van der Waals surface area contributed by atoms with E-state index in [1.54, 1.807) is 11.3 Å². The highest BCUT2D eigenvalue weighted by Crippen LogP contribution is 2.40. The summed E-state index contributed by atoms with van der Waals surface area (Å²) in [5, 5.41) is 22.5. The van der Waals surface area contributed by atoms with E-state index in [-0.39, 0.29) is 11.7 Å². The van der Waals surface area contributed by atoms with Crippen molar-refractivity contribution in [2.75, 3.05) is 11.1 Å². The van der Waals surface area contributed by atoms with Gasteiger partial charge in [0.05, 0.1) is 11.3 Å². The van der Waals surface area contributed by atoms with Crippen LogP contribution in [0, 0.1) is 24.2 Å². The third-order valence-electron chi connectivity index (χ3n) is 6.14. The maximum absolute atomic E-state index is 12.7. The maximum Gasteiger partial charge on any atom is 0.235 e. The van der Waals surface area contributed by atoms with Gasteiger partial charge >= 0.3 is 0 Å². The van der Waals surface area contributed by atoms with Crippen LogP contribution in [0.2, 0.25) is 0 Å². The molecular weight excluding hydrogens is 466 g/mol. The molecule has 0 radical (unpaired) electrons. The van der Waals surface area contributed by atoms with Crippen LogP contribution in [0.5, 0.6) is 5.75 Å². The second kappa shape index (κ2) is 11.1. The highest BCUT2D eigenvalue weighted by molar-refractivity contribution is 7.99. The maximum atomic E-state index is 12.7. The van der Waals surface area contributed by atoms with Crippen LogP contribution < -0.4 is 10.1 Å². The molecule has 0 saturated carbocycles. The van der Waals surface area contributed by atoms with Crippen molar-refractivity contribution in [3.8, 4) is 11.8 Å². The van der Waals surface area contributed by atoms with Gasteiger partial charge in [0.15, 0.2) is 11.0 Å². The topological polar surface area (TPSA) is 92.8 Å². The molecule has 0 fully saturated rings. The molecule has 0 aliphatic heterocycles. The van der Waals surface area contributed by atoms with Crippen molar-refractivity contribution < 1.29 is 9.53 Å². The second-order valence-corrected chi connectivity index (χ2v) is 10.5. The summed E-state index contributed by atoms with van der Waals surface area (Å²) in [5.74, 6) is 2.22. The molecular formula is C25H29N5O2S2. The lowest BCUT2D eigenvalue weighted by Gasteiger charge is -2.20. The molecule has 2 heterocycles. The molecule has 2 aromatic heterocycles. The fraction of sp³-hybridized carbons (Fsp3) is 0.440. The van der Waals surface area contributed by atoms with Gasteiger partial charge in [0.25, 0.3) is 0 Å². The summed E-state index contributed by atoms with van der Waals surface area (Å²) < 4.78 is 7.81. The van der Waals surface area contributed by atoms with Gasteiger partial charge in [-0.15, -0.1) is 21.5 Å². The van der Waals surface area contributed by atoms with E-state index in [9.17, 15) is 10.1 Å². The van der Waals surface area contributed by atoms with Crippen LogP contribution in [0.4, 0.5) is 5.00 Å². The molecule has 1 aliphatic rings. The first-order valence-corrected chi connectivity index (χ1v) is 13.4. The van der Waals surface area contributed by atoms with Crippen LogP contribution in [-0.4, -0.2) is 26.4 Å². The molecule has 9 heteroatoms. The molecule has 178 valence electrons. The molecule has 0 saturated heterocycles. The predicted octanol–water partition coefficient (Wildman–Crippen LogP) is 5.36. The first-order chi connectivity index (χ1) is 16.5. The third kappa shape index (κ3) is 5.45. The molecule has 1 aliphatic carbocycles. The molecule has 4 rings (SSSR count). The van der Waals surface area contributed by atoms with Gasteiger partial charge in [-0.25, -0.2) is 0 Å². The zero-order valence-electron chi connectivity index (χ0n) is 19.8. The van der Waals surface area contributed by atoms with Gasteiger partial charge in [-0.05, 0) is 56.7 Å². The van der Waals surface area contributed by atoms with Crippen molar-refractivity contribution in [2.24, 2.45) is 5.92 Å². The lowest BCUT2D eigenvalue weighted by Crippen LogP contribution is -2.15. The standard InChI is InChI=1S/C25H29N5O2S2/c1-4-17-8-11-19-20(13-26)24(34-21(19)12-17)27-23(31)15-33-25-29-28-22(30(25)5-2)14-32-18-9-6-16(3)7-10-18/h6-7,9-10,17H,4-5,8,11-12,14-15H2,1-3H3,(H,27,31). The largest absolute Gasteiger partial charge is 0.486 e. The number of anilines is 1. The first kappa shape index (κ1) is 24.3. The van der Waals surface area contributed by atoms with E-state index in [1.165, 1.54) is 22.2 Å². The Labute approximate surface area is 208 Å². The minimum Gasteiger partial charge on any atom is -0.486 e. The number of nitrogens with zero attached hydrogens (tertiary/aromatic N) is 4. The molecule has 1 unspecified atom stereocenters. The van der Waals surface area contributed by atoms with Crippen LogP contribution in [0.3, 0.4) is 0 Å². The number of nitrogens with one attached hydrogen (secondary N) is 1. The first-order valence-electron chi connectivity index (χ1n) is 11.6. The van der Waals surface area contributed by atoms with E-state index >= 15 is 0 Å². The number of thiophene rings is 1. The Hall–Kier alpha value is -2.83. The molecule has 0 bridgehead atoms. The van der Waals surface area contributed by atoms with Gasteiger partial charge in [-0.2, -0.15) is 5.26 Å². The average Bonchev–Trinajstić information content (AvgIpc) is 3.41. The van der Waals surface area contributed by atoms with Gasteiger partial charge in [-0.3, -0.25) is 4.79 Å². The normalized spacial score (nSPS) is 14.9. The predicted molar refractivity (Wildman–Crippen MR) is 135 cm³/mol. The number of ether oxygens (including phenoxy) is 1. The number of benzene rings is 1. The lowest BCUT2D eigenvalue weighted by molar-refractivity contribution is -0.113. The van der Waals surface area contributed by atoms with Gasteiger partial charge in [0, 0.05) is 11.4 Å². The van der Waals surface area contributed by atoms with Crippen molar-refractivity contribution in [3.05, 3.63) is 51.7 Å². The Morgan fingerprint density at radius 2 is 2.12 bits per heavy atom. The Balaban J connectivity index is 1.37. The Morgan fingerprint density at radius 3 is 2.82 bits per heavy atom. The third-order valence-corrected chi connectivity index (χ3v) is 8.28. The van der Waals surface area contributed by atoms with Crippen molar-refractivity contribution in [1.82, 2.24) is 14.8 Å². The van der Waals surface area contributed by atoms with E-state index in [1.807, 2.05) is 42.7 Å². The number of thioether (sulfide) groups is 1. The average molecular weight is 496 g/mol. The number of hydrogen-bond acceptors (Lipinski definition) is 7. The molecule has 1 atom stereocenters. The number of hydrogen-bond donors (Lipinski definition) is 1. The Bertz CT molecular complexity index is 1190. The summed E-state index contributed by atoms with van der Waals surface area (Å²) >= 11 is 2.90. The number of rotatable bonds is 9. The van der Waals surface area contributed by atoms with Crippen LogP contribution in [-0.2, 0) is 30.8 Å².